The van der Waals surface area contributed by atoms with Crippen molar-refractivity contribution in [3.8, 4) is 0 Å². The highest BCUT2D eigenvalue weighted by Gasteiger charge is 2.07. The number of hydrogen-bond donors (Lipinski definition) is 1. The molecule has 0 aliphatic heterocycles. The Morgan fingerprint density at radius 3 is 2.81 bits per heavy atom. The Hall–Kier alpha value is -1.01. The Morgan fingerprint density at radius 1 is 1.38 bits per heavy atom. The standard InChI is InChI=1S/C15H20ClN3OS/c1-11-8-15(19(2)18-11)21-13-5-4-12(14(16)9-13)10-17-6-7-20-3/h4-5,8-9,17H,6-7,10H2,1-3H3. The summed E-state index contributed by atoms with van der Waals surface area (Å²) in [4.78, 5) is 1.11. The Bertz CT molecular complexity index is 601. The maximum Gasteiger partial charge on any atom is 0.0986 e. The van der Waals surface area contributed by atoms with Gasteiger partial charge in [0.2, 0.25) is 0 Å². The molecule has 0 fully saturated rings. The van der Waals surface area contributed by atoms with Gasteiger partial charge in [0.15, 0.2) is 0 Å². The summed E-state index contributed by atoms with van der Waals surface area (Å²) in [6.45, 7) is 4.26. The first-order valence-electron chi connectivity index (χ1n) is 6.76. The number of hydrogen-bond acceptors (Lipinski definition) is 4. The van der Waals surface area contributed by atoms with Gasteiger partial charge in [-0.05, 0) is 30.7 Å². The molecular weight excluding hydrogens is 306 g/mol. The maximum atomic E-state index is 6.35. The molecule has 1 aromatic heterocycles. The van der Waals surface area contributed by atoms with Crippen LogP contribution in [-0.4, -0.2) is 30.0 Å². The molecule has 6 heteroatoms. The number of nitrogens with zero attached hydrogens (tertiary/aromatic N) is 2. The van der Waals surface area contributed by atoms with Crippen LogP contribution in [0.15, 0.2) is 34.2 Å². The predicted octanol–water partition coefficient (Wildman–Crippen LogP) is 3.27. The number of ether oxygens (including phenoxy) is 1. The predicted molar refractivity (Wildman–Crippen MR) is 87.1 cm³/mol. The summed E-state index contributed by atoms with van der Waals surface area (Å²) < 4.78 is 6.88. The molecular formula is C15H20ClN3OS. The van der Waals surface area contributed by atoms with E-state index < -0.39 is 0 Å². The number of halogens is 1. The first-order chi connectivity index (χ1) is 10.1. The average molecular weight is 326 g/mol. The van der Waals surface area contributed by atoms with Crippen LogP contribution < -0.4 is 5.32 Å². The summed E-state index contributed by atoms with van der Waals surface area (Å²) in [7, 11) is 3.64. The number of methoxy groups -OCH3 is 1. The molecule has 114 valence electrons. The SMILES string of the molecule is COCCNCc1ccc(Sc2cc(C)nn2C)cc1Cl. The monoisotopic (exact) mass is 325 g/mol. The molecule has 21 heavy (non-hydrogen) atoms. The van der Waals surface area contributed by atoms with Crippen molar-refractivity contribution in [1.29, 1.82) is 0 Å². The summed E-state index contributed by atoms with van der Waals surface area (Å²) in [6.07, 6.45) is 0. The second-order valence-electron chi connectivity index (χ2n) is 4.77. The summed E-state index contributed by atoms with van der Waals surface area (Å²) in [5, 5.41) is 9.53. The molecule has 0 saturated carbocycles. The molecule has 1 N–H and O–H groups in total. The van der Waals surface area contributed by atoms with Crippen LogP contribution in [0.3, 0.4) is 0 Å². The zero-order valence-corrected chi connectivity index (χ0v) is 14.1. The van der Waals surface area contributed by atoms with Crippen molar-refractivity contribution in [2.24, 2.45) is 7.05 Å². The number of nitrogens with one attached hydrogen (secondary N) is 1. The molecule has 1 heterocycles. The Labute approximate surface area is 134 Å². The van der Waals surface area contributed by atoms with Gasteiger partial charge in [-0.3, -0.25) is 4.68 Å². The normalized spacial score (nSPS) is 11.0. The zero-order valence-electron chi connectivity index (χ0n) is 12.5. The van der Waals surface area contributed by atoms with Gasteiger partial charge in [0.05, 0.1) is 17.3 Å². The van der Waals surface area contributed by atoms with Gasteiger partial charge in [0, 0.05) is 37.2 Å². The van der Waals surface area contributed by atoms with Gasteiger partial charge in [-0.25, -0.2) is 0 Å². The highest BCUT2D eigenvalue weighted by atomic mass is 35.5. The fourth-order valence-corrected chi connectivity index (χ4v) is 3.20. The van der Waals surface area contributed by atoms with Crippen LogP contribution in [0.2, 0.25) is 5.02 Å². The third kappa shape index (κ3) is 4.74. The van der Waals surface area contributed by atoms with Crippen LogP contribution in [0, 0.1) is 6.92 Å². The van der Waals surface area contributed by atoms with E-state index in [2.05, 4.69) is 28.6 Å². The fraction of sp³-hybridized carbons (Fsp3) is 0.400. The summed E-state index contributed by atoms with van der Waals surface area (Å²) in [6, 6.07) is 8.22. The van der Waals surface area contributed by atoms with Crippen LogP contribution >= 0.6 is 23.4 Å². The molecule has 1 aromatic carbocycles. The molecule has 0 radical (unpaired) electrons. The van der Waals surface area contributed by atoms with Crippen molar-refractivity contribution in [2.45, 2.75) is 23.4 Å². The van der Waals surface area contributed by atoms with Gasteiger partial charge in [0.25, 0.3) is 0 Å². The fourth-order valence-electron chi connectivity index (χ4n) is 1.94. The first-order valence-corrected chi connectivity index (χ1v) is 7.96. The van der Waals surface area contributed by atoms with Crippen molar-refractivity contribution >= 4 is 23.4 Å². The molecule has 0 saturated heterocycles. The van der Waals surface area contributed by atoms with Gasteiger partial charge >= 0.3 is 0 Å². The van der Waals surface area contributed by atoms with Gasteiger partial charge in [-0.15, -0.1) is 0 Å². The lowest BCUT2D eigenvalue weighted by Crippen LogP contribution is -2.18. The van der Waals surface area contributed by atoms with E-state index in [0.29, 0.717) is 6.61 Å². The molecule has 0 aliphatic carbocycles. The smallest absolute Gasteiger partial charge is 0.0986 e. The molecule has 0 aliphatic rings. The molecule has 2 aromatic rings. The van der Waals surface area contributed by atoms with E-state index in [1.54, 1.807) is 18.9 Å². The first kappa shape index (κ1) is 16.4. The van der Waals surface area contributed by atoms with Gasteiger partial charge in [-0.1, -0.05) is 29.4 Å². The lowest BCUT2D eigenvalue weighted by atomic mass is 10.2. The minimum absolute atomic E-state index is 0.700. The number of aryl methyl sites for hydroxylation is 2. The number of benzene rings is 1. The molecule has 2 rings (SSSR count). The summed E-state index contributed by atoms with van der Waals surface area (Å²) in [5.74, 6) is 0. The van der Waals surface area contributed by atoms with Crippen molar-refractivity contribution in [2.75, 3.05) is 20.3 Å². The van der Waals surface area contributed by atoms with Crippen LogP contribution in [-0.2, 0) is 18.3 Å². The van der Waals surface area contributed by atoms with Crippen LogP contribution in [0.4, 0.5) is 0 Å². The molecule has 0 amide bonds. The number of aromatic nitrogens is 2. The third-order valence-corrected chi connectivity index (χ3v) is 4.44. The van der Waals surface area contributed by atoms with Crippen LogP contribution in [0.5, 0.6) is 0 Å². The lowest BCUT2D eigenvalue weighted by Gasteiger charge is -2.08. The second kappa shape index (κ2) is 7.84. The molecule has 0 bridgehead atoms. The topological polar surface area (TPSA) is 39.1 Å². The highest BCUT2D eigenvalue weighted by Crippen LogP contribution is 2.31. The summed E-state index contributed by atoms with van der Waals surface area (Å²) >= 11 is 8.01. The van der Waals surface area contributed by atoms with E-state index in [4.69, 9.17) is 16.3 Å². The second-order valence-corrected chi connectivity index (χ2v) is 6.27. The maximum absolute atomic E-state index is 6.35. The van der Waals surface area contributed by atoms with E-state index in [-0.39, 0.29) is 0 Å². The van der Waals surface area contributed by atoms with Crippen molar-refractivity contribution in [3.63, 3.8) is 0 Å². The van der Waals surface area contributed by atoms with Crippen molar-refractivity contribution < 1.29 is 4.74 Å². The van der Waals surface area contributed by atoms with E-state index in [1.165, 1.54) is 0 Å². The average Bonchev–Trinajstić information content (AvgIpc) is 2.75. The molecule has 0 atom stereocenters. The zero-order chi connectivity index (χ0) is 15.2. The molecule has 4 nitrogen and oxygen atoms in total. The largest absolute Gasteiger partial charge is 0.383 e. The van der Waals surface area contributed by atoms with Crippen molar-refractivity contribution in [3.05, 3.63) is 40.5 Å². The quantitative estimate of drug-likeness (QED) is 0.793. The Morgan fingerprint density at radius 2 is 2.19 bits per heavy atom. The van der Waals surface area contributed by atoms with Crippen molar-refractivity contribution in [1.82, 2.24) is 15.1 Å². The van der Waals surface area contributed by atoms with E-state index in [0.717, 1.165) is 39.3 Å². The molecule has 0 spiro atoms. The minimum atomic E-state index is 0.700. The summed E-state index contributed by atoms with van der Waals surface area (Å²) in [5.41, 5.74) is 2.11. The lowest BCUT2D eigenvalue weighted by molar-refractivity contribution is 0.199. The third-order valence-electron chi connectivity index (χ3n) is 3.00. The van der Waals surface area contributed by atoms with E-state index >= 15 is 0 Å². The highest BCUT2D eigenvalue weighted by molar-refractivity contribution is 7.99. The Balaban J connectivity index is 2.00. The van der Waals surface area contributed by atoms with Gasteiger partial charge in [0.1, 0.15) is 0 Å². The van der Waals surface area contributed by atoms with Crippen LogP contribution in [0.1, 0.15) is 11.3 Å². The molecule has 0 unspecified atom stereocenters. The van der Waals surface area contributed by atoms with E-state index in [9.17, 15) is 0 Å². The van der Waals surface area contributed by atoms with Crippen LogP contribution in [0.25, 0.3) is 0 Å². The minimum Gasteiger partial charge on any atom is -0.383 e. The number of rotatable bonds is 7. The van der Waals surface area contributed by atoms with Gasteiger partial charge in [-0.2, -0.15) is 5.10 Å². The van der Waals surface area contributed by atoms with Gasteiger partial charge < -0.3 is 10.1 Å². The van der Waals surface area contributed by atoms with E-state index in [1.807, 2.05) is 24.7 Å². The Kier molecular flexibility index (Phi) is 6.11.